The number of hydrogen-bond acceptors (Lipinski definition) is 5. The van der Waals surface area contributed by atoms with Crippen molar-refractivity contribution in [1.29, 1.82) is 0 Å². The molecule has 2 aromatic rings. The highest BCUT2D eigenvalue weighted by Crippen LogP contribution is 2.25. The maximum absolute atomic E-state index is 12.1. The fourth-order valence-electron chi connectivity index (χ4n) is 2.68. The molecule has 0 radical (unpaired) electrons. The SMILES string of the molecule is O=C(CC1CCOCC1)Nc1cnc(OCc2c(Cl)cccc2Cl)cn1. The van der Waals surface area contributed by atoms with Crippen molar-refractivity contribution < 1.29 is 14.3 Å². The first-order chi connectivity index (χ1) is 12.6. The smallest absolute Gasteiger partial charge is 0.232 e. The van der Waals surface area contributed by atoms with Gasteiger partial charge in [0.25, 0.3) is 0 Å². The number of amides is 1. The van der Waals surface area contributed by atoms with E-state index in [1.165, 1.54) is 12.4 Å². The Morgan fingerprint density at radius 1 is 1.19 bits per heavy atom. The third kappa shape index (κ3) is 5.30. The minimum absolute atomic E-state index is 0.0669. The Bertz CT molecular complexity index is 730. The minimum Gasteiger partial charge on any atom is -0.472 e. The van der Waals surface area contributed by atoms with Gasteiger partial charge in [-0.05, 0) is 30.9 Å². The third-order valence-electron chi connectivity index (χ3n) is 4.14. The fourth-order valence-corrected chi connectivity index (χ4v) is 3.18. The molecule has 0 saturated carbocycles. The van der Waals surface area contributed by atoms with Gasteiger partial charge in [0, 0.05) is 35.2 Å². The first-order valence-electron chi connectivity index (χ1n) is 8.37. The molecule has 0 aliphatic carbocycles. The summed E-state index contributed by atoms with van der Waals surface area (Å²) in [5.41, 5.74) is 0.687. The largest absolute Gasteiger partial charge is 0.472 e. The zero-order valence-electron chi connectivity index (χ0n) is 14.1. The van der Waals surface area contributed by atoms with Gasteiger partial charge >= 0.3 is 0 Å². The van der Waals surface area contributed by atoms with Crippen LogP contribution in [0, 0.1) is 5.92 Å². The molecule has 1 aliphatic rings. The second-order valence-corrected chi connectivity index (χ2v) is 6.85. The van der Waals surface area contributed by atoms with E-state index in [1.807, 2.05) is 0 Å². The van der Waals surface area contributed by atoms with Gasteiger partial charge in [-0.1, -0.05) is 29.3 Å². The molecule has 0 bridgehead atoms. The van der Waals surface area contributed by atoms with Crippen LogP contribution in [0.2, 0.25) is 10.0 Å². The van der Waals surface area contributed by atoms with E-state index in [0.717, 1.165) is 26.1 Å². The van der Waals surface area contributed by atoms with Crippen molar-refractivity contribution in [2.24, 2.45) is 5.92 Å². The van der Waals surface area contributed by atoms with E-state index < -0.39 is 0 Å². The van der Waals surface area contributed by atoms with Gasteiger partial charge < -0.3 is 14.8 Å². The van der Waals surface area contributed by atoms with Gasteiger partial charge in [-0.3, -0.25) is 4.79 Å². The van der Waals surface area contributed by atoms with Crippen LogP contribution >= 0.6 is 23.2 Å². The molecule has 1 saturated heterocycles. The average Bonchev–Trinajstić information content (AvgIpc) is 2.63. The molecule has 6 nitrogen and oxygen atoms in total. The van der Waals surface area contributed by atoms with Crippen LogP contribution in [0.1, 0.15) is 24.8 Å². The quantitative estimate of drug-likeness (QED) is 0.795. The summed E-state index contributed by atoms with van der Waals surface area (Å²) in [6.45, 7) is 1.63. The fraction of sp³-hybridized carbons (Fsp3) is 0.389. The van der Waals surface area contributed by atoms with Gasteiger partial charge in [0.15, 0.2) is 5.82 Å². The van der Waals surface area contributed by atoms with Crippen LogP contribution in [0.25, 0.3) is 0 Å². The van der Waals surface area contributed by atoms with E-state index in [0.29, 0.717) is 39.6 Å². The topological polar surface area (TPSA) is 73.3 Å². The molecule has 0 unspecified atom stereocenters. The number of aromatic nitrogens is 2. The normalized spacial score (nSPS) is 14.8. The summed E-state index contributed by atoms with van der Waals surface area (Å²) >= 11 is 12.2. The highest BCUT2D eigenvalue weighted by atomic mass is 35.5. The Kier molecular flexibility index (Phi) is 6.66. The van der Waals surface area contributed by atoms with Crippen molar-refractivity contribution in [2.45, 2.75) is 25.9 Å². The summed E-state index contributed by atoms with van der Waals surface area (Å²) in [5, 5.41) is 3.82. The minimum atomic E-state index is -0.0669. The first kappa shape index (κ1) is 18.9. The lowest BCUT2D eigenvalue weighted by Gasteiger charge is -2.21. The number of benzene rings is 1. The molecule has 138 valence electrons. The van der Waals surface area contributed by atoms with Gasteiger partial charge in [-0.15, -0.1) is 0 Å². The summed E-state index contributed by atoms with van der Waals surface area (Å²) in [7, 11) is 0. The summed E-state index contributed by atoms with van der Waals surface area (Å²) in [5.74, 6) is 1.01. The van der Waals surface area contributed by atoms with E-state index in [4.69, 9.17) is 32.7 Å². The van der Waals surface area contributed by atoms with Crippen molar-refractivity contribution >= 4 is 34.9 Å². The van der Waals surface area contributed by atoms with E-state index in [2.05, 4.69) is 15.3 Å². The number of nitrogens with one attached hydrogen (secondary N) is 1. The summed E-state index contributed by atoms with van der Waals surface area (Å²) in [4.78, 5) is 20.4. The van der Waals surface area contributed by atoms with Crippen molar-refractivity contribution in [3.8, 4) is 5.88 Å². The zero-order chi connectivity index (χ0) is 18.4. The van der Waals surface area contributed by atoms with Gasteiger partial charge in [0.05, 0.1) is 12.4 Å². The second kappa shape index (κ2) is 9.16. The van der Waals surface area contributed by atoms with Crippen LogP contribution in [-0.2, 0) is 16.1 Å². The van der Waals surface area contributed by atoms with Crippen molar-refractivity contribution in [2.75, 3.05) is 18.5 Å². The van der Waals surface area contributed by atoms with Crippen LogP contribution in [-0.4, -0.2) is 29.1 Å². The lowest BCUT2D eigenvalue weighted by Crippen LogP contribution is -2.22. The number of hydrogen-bond donors (Lipinski definition) is 1. The molecule has 2 heterocycles. The lowest BCUT2D eigenvalue weighted by molar-refractivity contribution is -0.117. The van der Waals surface area contributed by atoms with Crippen molar-refractivity contribution in [1.82, 2.24) is 9.97 Å². The van der Waals surface area contributed by atoms with E-state index in [9.17, 15) is 4.79 Å². The molecule has 1 aromatic heterocycles. The molecular formula is C18H19Cl2N3O3. The van der Waals surface area contributed by atoms with Crippen molar-refractivity contribution in [3.63, 3.8) is 0 Å². The van der Waals surface area contributed by atoms with Crippen LogP contribution in [0.3, 0.4) is 0 Å². The van der Waals surface area contributed by atoms with Gasteiger partial charge in [0.2, 0.25) is 11.8 Å². The van der Waals surface area contributed by atoms with E-state index in [1.54, 1.807) is 18.2 Å². The van der Waals surface area contributed by atoms with Gasteiger partial charge in [-0.2, -0.15) is 0 Å². The van der Waals surface area contributed by atoms with Crippen LogP contribution in [0.15, 0.2) is 30.6 Å². The number of anilines is 1. The first-order valence-corrected chi connectivity index (χ1v) is 9.12. The predicted octanol–water partition coefficient (Wildman–Crippen LogP) is 4.12. The molecule has 1 amide bonds. The van der Waals surface area contributed by atoms with E-state index >= 15 is 0 Å². The molecule has 1 N–H and O–H groups in total. The monoisotopic (exact) mass is 395 g/mol. The predicted molar refractivity (Wildman–Crippen MR) is 99.6 cm³/mol. The summed E-state index contributed by atoms with van der Waals surface area (Å²) in [6, 6.07) is 5.26. The average molecular weight is 396 g/mol. The molecule has 1 aliphatic heterocycles. The summed E-state index contributed by atoms with van der Waals surface area (Å²) < 4.78 is 10.9. The number of ether oxygens (including phenoxy) is 2. The maximum atomic E-state index is 12.1. The molecule has 1 aromatic carbocycles. The van der Waals surface area contributed by atoms with Crippen LogP contribution in [0.4, 0.5) is 5.82 Å². The molecule has 0 atom stereocenters. The highest BCUT2D eigenvalue weighted by Gasteiger charge is 2.17. The standard InChI is InChI=1S/C18H19Cl2N3O3/c19-14-2-1-3-15(20)13(14)11-26-18-10-21-16(9-22-18)23-17(24)8-12-4-6-25-7-5-12/h1-3,9-10,12H,4-8,11H2,(H,21,23,24). The number of rotatable bonds is 6. The second-order valence-electron chi connectivity index (χ2n) is 6.04. The number of nitrogens with zero attached hydrogens (tertiary/aromatic N) is 2. The Labute approximate surface area is 161 Å². The Morgan fingerprint density at radius 3 is 2.58 bits per heavy atom. The van der Waals surface area contributed by atoms with Gasteiger partial charge in [-0.25, -0.2) is 9.97 Å². The van der Waals surface area contributed by atoms with Crippen molar-refractivity contribution in [3.05, 3.63) is 46.2 Å². The zero-order valence-corrected chi connectivity index (χ0v) is 15.6. The maximum Gasteiger partial charge on any atom is 0.232 e. The van der Waals surface area contributed by atoms with Crippen LogP contribution in [0.5, 0.6) is 5.88 Å². The number of carbonyl (C=O) groups is 1. The lowest BCUT2D eigenvalue weighted by atomic mass is 9.96. The van der Waals surface area contributed by atoms with Gasteiger partial charge in [0.1, 0.15) is 6.61 Å². The molecule has 3 rings (SSSR count). The Balaban J connectivity index is 1.51. The number of carbonyl (C=O) groups excluding carboxylic acids is 1. The molecular weight excluding hydrogens is 377 g/mol. The molecule has 8 heteroatoms. The molecule has 26 heavy (non-hydrogen) atoms. The number of halogens is 2. The summed E-state index contributed by atoms with van der Waals surface area (Å²) in [6.07, 6.45) is 5.21. The highest BCUT2D eigenvalue weighted by molar-refractivity contribution is 6.35. The Morgan fingerprint density at radius 2 is 1.92 bits per heavy atom. The Hall–Kier alpha value is -1.89. The third-order valence-corrected chi connectivity index (χ3v) is 4.84. The van der Waals surface area contributed by atoms with E-state index in [-0.39, 0.29) is 12.5 Å². The van der Waals surface area contributed by atoms with Crippen LogP contribution < -0.4 is 10.1 Å². The molecule has 1 fully saturated rings. The molecule has 0 spiro atoms.